The highest BCUT2D eigenvalue weighted by molar-refractivity contribution is 9.40. The fourth-order valence-corrected chi connectivity index (χ4v) is 5.39. The third kappa shape index (κ3) is 14.9. The lowest BCUT2D eigenvalue weighted by Crippen LogP contribution is -1.93. The van der Waals surface area contributed by atoms with Gasteiger partial charge < -0.3 is 4.57 Å². The SMILES string of the molecule is CC(C)CCCCCP(=O)(Br)CCCCCC(C)C. The summed E-state index contributed by atoms with van der Waals surface area (Å²) in [5.41, 5.74) is 0. The Balaban J connectivity index is 3.50. The first-order valence-corrected chi connectivity index (χ1v) is 12.2. The Bertz CT molecular complexity index is 229. The monoisotopic (exact) mass is 352 g/mol. The van der Waals surface area contributed by atoms with Gasteiger partial charge in [-0.15, -0.1) is 0 Å². The second kappa shape index (κ2) is 11.4. The molecule has 3 heteroatoms. The molecule has 0 atom stereocenters. The van der Waals surface area contributed by atoms with E-state index in [1.807, 2.05) is 0 Å². The van der Waals surface area contributed by atoms with Crippen LogP contribution in [0.2, 0.25) is 0 Å². The summed E-state index contributed by atoms with van der Waals surface area (Å²) in [6.07, 6.45) is 11.7. The summed E-state index contributed by atoms with van der Waals surface area (Å²) in [5.74, 6) is -0.403. The second-order valence-corrected chi connectivity index (χ2v) is 13.1. The van der Waals surface area contributed by atoms with Gasteiger partial charge in [0, 0.05) is 12.3 Å². The van der Waals surface area contributed by atoms with E-state index < -0.39 is 5.84 Å². The van der Waals surface area contributed by atoms with Gasteiger partial charge in [0.2, 0.25) is 0 Å². The molecule has 0 bridgehead atoms. The lowest BCUT2D eigenvalue weighted by molar-refractivity contribution is 0.528. The minimum Gasteiger partial charge on any atom is -0.312 e. The summed E-state index contributed by atoms with van der Waals surface area (Å²) >= 11 is 3.50. The third-order valence-corrected chi connectivity index (χ3v) is 7.64. The van der Waals surface area contributed by atoms with E-state index in [2.05, 4.69) is 43.2 Å². The van der Waals surface area contributed by atoms with Crippen molar-refractivity contribution in [2.24, 2.45) is 11.8 Å². The van der Waals surface area contributed by atoms with Crippen molar-refractivity contribution in [3.63, 3.8) is 0 Å². The average Bonchev–Trinajstić information content (AvgIpc) is 2.27. The molecule has 0 saturated heterocycles. The molecule has 0 amide bonds. The van der Waals surface area contributed by atoms with Crippen LogP contribution in [0, 0.1) is 11.8 Å². The quantitative estimate of drug-likeness (QED) is 0.270. The summed E-state index contributed by atoms with van der Waals surface area (Å²) in [6.45, 7) is 9.08. The van der Waals surface area contributed by atoms with Gasteiger partial charge in [0.1, 0.15) is 5.84 Å². The zero-order chi connectivity index (χ0) is 14.7. The van der Waals surface area contributed by atoms with Crippen molar-refractivity contribution >= 4 is 21.3 Å². The molecule has 0 aliphatic carbocycles. The normalized spacial score (nSPS) is 12.6. The van der Waals surface area contributed by atoms with Gasteiger partial charge in [0.15, 0.2) is 0 Å². The van der Waals surface area contributed by atoms with Gasteiger partial charge in [-0.3, -0.25) is 0 Å². The largest absolute Gasteiger partial charge is 0.312 e. The van der Waals surface area contributed by atoms with E-state index in [0.717, 1.165) is 37.0 Å². The van der Waals surface area contributed by atoms with E-state index in [1.54, 1.807) is 0 Å². The van der Waals surface area contributed by atoms with Crippen LogP contribution in [0.25, 0.3) is 0 Å². The zero-order valence-electron chi connectivity index (χ0n) is 13.5. The summed E-state index contributed by atoms with van der Waals surface area (Å²) in [6, 6.07) is 0. The molecule has 116 valence electrons. The summed E-state index contributed by atoms with van der Waals surface area (Å²) < 4.78 is 12.3. The number of hydrogen-bond donors (Lipinski definition) is 0. The van der Waals surface area contributed by atoms with Gasteiger partial charge in [-0.25, -0.2) is 0 Å². The van der Waals surface area contributed by atoms with Crippen LogP contribution in [0.1, 0.15) is 79.1 Å². The molecule has 0 radical (unpaired) electrons. The highest BCUT2D eigenvalue weighted by atomic mass is 79.9. The standard InChI is InChI=1S/C16H34BrOP/c1-15(2)11-7-5-9-13-19(17,18)14-10-6-8-12-16(3)4/h15-16H,5-14H2,1-4H3. The van der Waals surface area contributed by atoms with E-state index in [4.69, 9.17) is 0 Å². The van der Waals surface area contributed by atoms with Crippen molar-refractivity contribution in [2.75, 3.05) is 12.3 Å². The molecule has 0 rings (SSSR count). The van der Waals surface area contributed by atoms with Crippen molar-refractivity contribution in [3.8, 4) is 0 Å². The number of hydrogen-bond acceptors (Lipinski definition) is 1. The first kappa shape index (κ1) is 19.7. The summed E-state index contributed by atoms with van der Waals surface area (Å²) in [7, 11) is 0. The highest BCUT2D eigenvalue weighted by Gasteiger charge is 2.16. The molecule has 0 saturated carbocycles. The fourth-order valence-electron chi connectivity index (χ4n) is 2.27. The van der Waals surface area contributed by atoms with Gasteiger partial charge in [-0.1, -0.05) is 66.2 Å². The van der Waals surface area contributed by atoms with Crippen molar-refractivity contribution < 1.29 is 4.57 Å². The van der Waals surface area contributed by atoms with Crippen molar-refractivity contribution in [1.82, 2.24) is 0 Å². The number of halogens is 1. The maximum atomic E-state index is 12.3. The predicted octanol–water partition coefficient (Wildman–Crippen LogP) is 7.09. The van der Waals surface area contributed by atoms with E-state index in [9.17, 15) is 4.57 Å². The van der Waals surface area contributed by atoms with Gasteiger partial charge >= 0.3 is 0 Å². The van der Waals surface area contributed by atoms with Crippen molar-refractivity contribution in [2.45, 2.75) is 79.1 Å². The first-order chi connectivity index (χ1) is 8.83. The summed E-state index contributed by atoms with van der Waals surface area (Å²) in [5, 5.41) is 0. The Morgan fingerprint density at radius 3 is 1.42 bits per heavy atom. The van der Waals surface area contributed by atoms with Gasteiger partial charge in [-0.05, 0) is 40.2 Å². The van der Waals surface area contributed by atoms with Crippen LogP contribution in [0.5, 0.6) is 0 Å². The molecular weight excluding hydrogens is 319 g/mol. The van der Waals surface area contributed by atoms with E-state index in [0.29, 0.717) is 0 Å². The Labute approximate surface area is 129 Å². The molecule has 0 heterocycles. The van der Waals surface area contributed by atoms with Gasteiger partial charge in [0.05, 0.1) is 0 Å². The molecule has 0 aliphatic rings. The van der Waals surface area contributed by atoms with Crippen LogP contribution in [0.4, 0.5) is 0 Å². The molecular formula is C16H34BrOP. The predicted molar refractivity (Wildman–Crippen MR) is 92.9 cm³/mol. The third-order valence-electron chi connectivity index (χ3n) is 3.55. The van der Waals surface area contributed by atoms with Crippen LogP contribution in [0.3, 0.4) is 0 Å². The van der Waals surface area contributed by atoms with Crippen molar-refractivity contribution in [3.05, 3.63) is 0 Å². The van der Waals surface area contributed by atoms with E-state index in [-0.39, 0.29) is 0 Å². The Hall–Kier alpha value is 0.710. The Kier molecular flexibility index (Phi) is 11.8. The minimum atomic E-state index is -2.01. The van der Waals surface area contributed by atoms with Gasteiger partial charge in [-0.2, -0.15) is 0 Å². The second-order valence-electron chi connectivity index (χ2n) is 6.72. The topological polar surface area (TPSA) is 17.1 Å². The molecule has 0 spiro atoms. The average molecular weight is 353 g/mol. The Morgan fingerprint density at radius 2 is 1.11 bits per heavy atom. The van der Waals surface area contributed by atoms with E-state index >= 15 is 0 Å². The zero-order valence-corrected chi connectivity index (χ0v) is 15.9. The molecule has 0 fully saturated rings. The molecule has 0 unspecified atom stereocenters. The molecule has 0 N–H and O–H groups in total. The number of rotatable bonds is 12. The fraction of sp³-hybridized carbons (Fsp3) is 1.00. The van der Waals surface area contributed by atoms with E-state index in [1.165, 1.54) is 38.5 Å². The molecule has 0 aromatic rings. The first-order valence-electron chi connectivity index (χ1n) is 8.11. The van der Waals surface area contributed by atoms with Crippen LogP contribution < -0.4 is 0 Å². The lowest BCUT2D eigenvalue weighted by Gasteiger charge is -2.11. The highest BCUT2D eigenvalue weighted by Crippen LogP contribution is 2.55. The van der Waals surface area contributed by atoms with Crippen LogP contribution in [0.15, 0.2) is 0 Å². The number of unbranched alkanes of at least 4 members (excludes halogenated alkanes) is 4. The maximum Gasteiger partial charge on any atom is 0.148 e. The molecule has 1 nitrogen and oxygen atoms in total. The maximum absolute atomic E-state index is 12.3. The Morgan fingerprint density at radius 1 is 0.737 bits per heavy atom. The van der Waals surface area contributed by atoms with Crippen LogP contribution >= 0.6 is 21.3 Å². The molecule has 0 aliphatic heterocycles. The molecule has 19 heavy (non-hydrogen) atoms. The smallest absolute Gasteiger partial charge is 0.148 e. The molecule has 0 aromatic heterocycles. The van der Waals surface area contributed by atoms with Crippen LogP contribution in [-0.2, 0) is 4.57 Å². The van der Waals surface area contributed by atoms with Gasteiger partial charge in [0.25, 0.3) is 0 Å². The molecule has 0 aromatic carbocycles. The minimum absolute atomic E-state index is 0.803. The van der Waals surface area contributed by atoms with Crippen molar-refractivity contribution in [1.29, 1.82) is 0 Å². The van der Waals surface area contributed by atoms with Crippen LogP contribution in [-0.4, -0.2) is 12.3 Å². The lowest BCUT2D eigenvalue weighted by atomic mass is 10.1. The summed E-state index contributed by atoms with van der Waals surface area (Å²) in [4.78, 5) is 0.